The molecule has 0 spiro atoms. The van der Waals surface area contributed by atoms with Gasteiger partial charge in [-0.05, 0) is 50.5 Å². The first-order valence-corrected chi connectivity index (χ1v) is 8.57. The van der Waals surface area contributed by atoms with Crippen LogP contribution in [0, 0.1) is 13.8 Å². The Morgan fingerprint density at radius 3 is 2.65 bits per heavy atom. The summed E-state index contributed by atoms with van der Waals surface area (Å²) >= 11 is 0. The predicted octanol–water partition coefficient (Wildman–Crippen LogP) is 4.40. The fraction of sp³-hybridized carbons (Fsp3) is 0.450. The molecule has 0 N–H and O–H groups in total. The SMILES string of the molecule is Cc1ccc(C(=O)N2CCCCCC2c2cccn2C)c(C)c1. The number of nitrogens with zero attached hydrogens (tertiary/aromatic N) is 2. The summed E-state index contributed by atoms with van der Waals surface area (Å²) in [5, 5.41) is 0. The molecule has 1 aliphatic heterocycles. The van der Waals surface area contributed by atoms with Crippen LogP contribution < -0.4 is 0 Å². The van der Waals surface area contributed by atoms with Gasteiger partial charge in [-0.1, -0.05) is 30.5 Å². The average Bonchev–Trinajstić information content (AvgIpc) is 2.80. The minimum absolute atomic E-state index is 0.176. The molecule has 23 heavy (non-hydrogen) atoms. The molecule has 2 heterocycles. The van der Waals surface area contributed by atoms with Gasteiger partial charge in [-0.3, -0.25) is 4.79 Å². The monoisotopic (exact) mass is 310 g/mol. The Balaban J connectivity index is 1.96. The topological polar surface area (TPSA) is 25.2 Å². The third-order valence-corrected chi connectivity index (χ3v) is 4.95. The van der Waals surface area contributed by atoms with E-state index in [0.29, 0.717) is 0 Å². The molecule has 0 aliphatic carbocycles. The molecule has 2 aromatic rings. The van der Waals surface area contributed by atoms with E-state index in [4.69, 9.17) is 0 Å². The van der Waals surface area contributed by atoms with Crippen molar-refractivity contribution in [2.75, 3.05) is 6.54 Å². The third kappa shape index (κ3) is 3.19. The number of rotatable bonds is 2. The summed E-state index contributed by atoms with van der Waals surface area (Å²) in [6.07, 6.45) is 6.61. The van der Waals surface area contributed by atoms with E-state index in [1.807, 2.05) is 19.1 Å². The van der Waals surface area contributed by atoms with E-state index in [0.717, 1.165) is 30.5 Å². The summed E-state index contributed by atoms with van der Waals surface area (Å²) < 4.78 is 2.15. The second kappa shape index (κ2) is 6.61. The molecule has 1 amide bonds. The van der Waals surface area contributed by atoms with Crippen LogP contribution >= 0.6 is 0 Å². The van der Waals surface area contributed by atoms with Crippen molar-refractivity contribution in [3.05, 3.63) is 58.9 Å². The lowest BCUT2D eigenvalue weighted by Gasteiger charge is -2.31. The number of hydrogen-bond acceptors (Lipinski definition) is 1. The lowest BCUT2D eigenvalue weighted by atomic mass is 10.0. The maximum atomic E-state index is 13.2. The molecule has 3 nitrogen and oxygen atoms in total. The fourth-order valence-electron chi connectivity index (χ4n) is 3.69. The predicted molar refractivity (Wildman–Crippen MR) is 93.6 cm³/mol. The summed E-state index contributed by atoms with van der Waals surface area (Å²) in [6.45, 7) is 4.96. The van der Waals surface area contributed by atoms with E-state index < -0.39 is 0 Å². The first-order valence-electron chi connectivity index (χ1n) is 8.57. The first kappa shape index (κ1) is 15.9. The molecule has 0 radical (unpaired) electrons. The largest absolute Gasteiger partial charge is 0.353 e. The van der Waals surface area contributed by atoms with Crippen molar-refractivity contribution in [1.82, 2.24) is 9.47 Å². The van der Waals surface area contributed by atoms with Crippen LogP contribution in [0.1, 0.15) is 58.9 Å². The number of hydrogen-bond donors (Lipinski definition) is 0. The quantitative estimate of drug-likeness (QED) is 0.807. The second-order valence-corrected chi connectivity index (χ2v) is 6.73. The van der Waals surface area contributed by atoms with Crippen LogP contribution in [-0.4, -0.2) is 21.9 Å². The maximum Gasteiger partial charge on any atom is 0.254 e. The van der Waals surface area contributed by atoms with Crippen molar-refractivity contribution in [1.29, 1.82) is 0 Å². The molecule has 1 fully saturated rings. The van der Waals surface area contributed by atoms with Gasteiger partial charge in [-0.2, -0.15) is 0 Å². The number of carbonyl (C=O) groups is 1. The smallest absolute Gasteiger partial charge is 0.254 e. The van der Waals surface area contributed by atoms with Crippen molar-refractivity contribution in [2.45, 2.75) is 45.6 Å². The van der Waals surface area contributed by atoms with Gasteiger partial charge in [0, 0.05) is 31.0 Å². The van der Waals surface area contributed by atoms with E-state index in [1.54, 1.807) is 0 Å². The number of aryl methyl sites for hydroxylation is 3. The van der Waals surface area contributed by atoms with Crippen molar-refractivity contribution in [3.8, 4) is 0 Å². The summed E-state index contributed by atoms with van der Waals surface area (Å²) in [7, 11) is 2.07. The average molecular weight is 310 g/mol. The van der Waals surface area contributed by atoms with Gasteiger partial charge in [-0.15, -0.1) is 0 Å². The Kier molecular flexibility index (Phi) is 4.56. The number of amides is 1. The minimum Gasteiger partial charge on any atom is -0.353 e. The number of aromatic nitrogens is 1. The Morgan fingerprint density at radius 2 is 1.96 bits per heavy atom. The van der Waals surface area contributed by atoms with Crippen LogP contribution in [0.4, 0.5) is 0 Å². The first-order chi connectivity index (χ1) is 11.1. The van der Waals surface area contributed by atoms with Gasteiger partial charge < -0.3 is 9.47 Å². The molecule has 3 rings (SSSR count). The second-order valence-electron chi connectivity index (χ2n) is 6.73. The van der Waals surface area contributed by atoms with Crippen LogP contribution in [0.15, 0.2) is 36.5 Å². The minimum atomic E-state index is 0.176. The normalized spacial score (nSPS) is 18.7. The summed E-state index contributed by atoms with van der Waals surface area (Å²) in [6, 6.07) is 10.5. The van der Waals surface area contributed by atoms with Crippen molar-refractivity contribution < 1.29 is 4.79 Å². The van der Waals surface area contributed by atoms with Gasteiger partial charge in [0.05, 0.1) is 6.04 Å². The van der Waals surface area contributed by atoms with E-state index in [-0.39, 0.29) is 11.9 Å². The highest BCUT2D eigenvalue weighted by atomic mass is 16.2. The van der Waals surface area contributed by atoms with Gasteiger partial charge in [-0.25, -0.2) is 0 Å². The van der Waals surface area contributed by atoms with Crippen molar-refractivity contribution in [3.63, 3.8) is 0 Å². The Labute approximate surface area is 138 Å². The molecular formula is C20H26N2O. The summed E-state index contributed by atoms with van der Waals surface area (Å²) in [4.78, 5) is 15.3. The molecule has 1 saturated heterocycles. The summed E-state index contributed by atoms with van der Waals surface area (Å²) in [5.41, 5.74) is 4.36. The van der Waals surface area contributed by atoms with Crippen LogP contribution in [0.25, 0.3) is 0 Å². The molecule has 1 aromatic heterocycles. The van der Waals surface area contributed by atoms with Crippen LogP contribution in [0.2, 0.25) is 0 Å². The molecule has 1 aromatic carbocycles. The Hall–Kier alpha value is -2.03. The molecule has 0 saturated carbocycles. The lowest BCUT2D eigenvalue weighted by molar-refractivity contribution is 0.0674. The zero-order chi connectivity index (χ0) is 16.4. The zero-order valence-electron chi connectivity index (χ0n) is 14.4. The zero-order valence-corrected chi connectivity index (χ0v) is 14.4. The van der Waals surface area contributed by atoms with Gasteiger partial charge >= 0.3 is 0 Å². The Morgan fingerprint density at radius 1 is 1.13 bits per heavy atom. The van der Waals surface area contributed by atoms with E-state index in [1.165, 1.54) is 24.1 Å². The lowest BCUT2D eigenvalue weighted by Crippen LogP contribution is -2.36. The standard InChI is InChI=1S/C20H26N2O/c1-15-10-11-17(16(2)14-15)20(23)22-13-6-4-5-8-19(22)18-9-7-12-21(18)3/h7,9-12,14,19H,4-6,8,13H2,1-3H3. The number of benzene rings is 1. The van der Waals surface area contributed by atoms with Crippen LogP contribution in [0.3, 0.4) is 0 Å². The van der Waals surface area contributed by atoms with Crippen LogP contribution in [-0.2, 0) is 7.05 Å². The van der Waals surface area contributed by atoms with Crippen molar-refractivity contribution in [2.24, 2.45) is 7.05 Å². The van der Waals surface area contributed by atoms with Crippen molar-refractivity contribution >= 4 is 5.91 Å². The molecule has 1 aliphatic rings. The fourth-order valence-corrected chi connectivity index (χ4v) is 3.69. The summed E-state index contributed by atoms with van der Waals surface area (Å²) in [5.74, 6) is 0.176. The molecule has 122 valence electrons. The highest BCUT2D eigenvalue weighted by Gasteiger charge is 2.29. The highest BCUT2D eigenvalue weighted by Crippen LogP contribution is 2.32. The van der Waals surface area contributed by atoms with Gasteiger partial charge in [0.25, 0.3) is 5.91 Å². The van der Waals surface area contributed by atoms with Gasteiger partial charge in [0.15, 0.2) is 0 Å². The number of likely N-dealkylation sites (tertiary alicyclic amines) is 1. The van der Waals surface area contributed by atoms with Gasteiger partial charge in [0.2, 0.25) is 0 Å². The Bertz CT molecular complexity index is 701. The van der Waals surface area contributed by atoms with E-state index in [2.05, 4.69) is 47.8 Å². The molecule has 1 atom stereocenters. The molecular weight excluding hydrogens is 284 g/mol. The maximum absolute atomic E-state index is 13.2. The van der Waals surface area contributed by atoms with E-state index in [9.17, 15) is 4.79 Å². The van der Waals surface area contributed by atoms with E-state index >= 15 is 0 Å². The third-order valence-electron chi connectivity index (χ3n) is 4.95. The van der Waals surface area contributed by atoms with Crippen LogP contribution in [0.5, 0.6) is 0 Å². The molecule has 0 bridgehead atoms. The highest BCUT2D eigenvalue weighted by molar-refractivity contribution is 5.96. The molecule has 3 heteroatoms. The number of carbonyl (C=O) groups excluding carboxylic acids is 1. The van der Waals surface area contributed by atoms with Gasteiger partial charge in [0.1, 0.15) is 0 Å². The molecule has 1 unspecified atom stereocenters.